The first-order valence-electron chi connectivity index (χ1n) is 8.01. The zero-order valence-electron chi connectivity index (χ0n) is 13.8. The van der Waals surface area contributed by atoms with Gasteiger partial charge in [0.2, 0.25) is 0 Å². The maximum Gasteiger partial charge on any atom is 0.511 e. The molecule has 3 rings (SSSR count). The van der Waals surface area contributed by atoms with E-state index in [0.29, 0.717) is 35.9 Å². The molecule has 0 spiro atoms. The van der Waals surface area contributed by atoms with E-state index in [1.54, 1.807) is 29.0 Å². The van der Waals surface area contributed by atoms with Crippen LogP contribution in [0.3, 0.4) is 0 Å². The van der Waals surface area contributed by atoms with Crippen LogP contribution in [0, 0.1) is 0 Å². The molecule has 1 amide bonds. The quantitative estimate of drug-likeness (QED) is 0.752. The Bertz CT molecular complexity index is 982. The molecule has 0 saturated carbocycles. The molecule has 2 heterocycles. The van der Waals surface area contributed by atoms with Crippen molar-refractivity contribution in [2.24, 2.45) is 0 Å². The van der Waals surface area contributed by atoms with Crippen LogP contribution in [-0.4, -0.2) is 48.8 Å². The lowest BCUT2D eigenvalue weighted by Gasteiger charge is -2.25. The van der Waals surface area contributed by atoms with Crippen LogP contribution in [0.4, 0.5) is 13.2 Å². The van der Waals surface area contributed by atoms with Gasteiger partial charge in [0.05, 0.1) is 11.1 Å². The van der Waals surface area contributed by atoms with Crippen molar-refractivity contribution in [3.05, 3.63) is 40.5 Å². The van der Waals surface area contributed by atoms with Crippen molar-refractivity contribution in [2.45, 2.75) is 24.4 Å². The van der Waals surface area contributed by atoms with Gasteiger partial charge in [-0.15, -0.1) is 0 Å². The fraction of sp³-hybridized carbons (Fsp3) is 0.375. The van der Waals surface area contributed by atoms with Crippen molar-refractivity contribution in [1.29, 1.82) is 0 Å². The summed E-state index contributed by atoms with van der Waals surface area (Å²) in [5.41, 5.74) is -4.41. The second-order valence-corrected chi connectivity index (χ2v) is 8.79. The lowest BCUT2D eigenvalue weighted by molar-refractivity contribution is -0.0448. The predicted molar refractivity (Wildman–Crippen MR) is 96.5 cm³/mol. The molecule has 6 nitrogen and oxygen atoms in total. The summed E-state index contributed by atoms with van der Waals surface area (Å²) in [6.07, 6.45) is 2.48. The Morgan fingerprint density at radius 2 is 2.07 bits per heavy atom. The van der Waals surface area contributed by atoms with Crippen LogP contribution in [0.2, 0.25) is 0 Å². The molecule has 0 radical (unpaired) electrons. The fourth-order valence-electron chi connectivity index (χ4n) is 3.07. The Morgan fingerprint density at radius 1 is 1.33 bits per heavy atom. The molecule has 11 heteroatoms. The highest BCUT2D eigenvalue weighted by atomic mass is 79.9. The van der Waals surface area contributed by atoms with Gasteiger partial charge in [-0.25, -0.2) is 13.1 Å². The maximum atomic E-state index is 13.0. The molecule has 1 aromatic carbocycles. The van der Waals surface area contributed by atoms with Gasteiger partial charge in [-0.3, -0.25) is 9.78 Å². The molecule has 0 unspecified atom stereocenters. The number of amides is 1. The Morgan fingerprint density at radius 3 is 2.78 bits per heavy atom. The number of likely N-dealkylation sites (tertiary alicyclic amines) is 1. The number of nitrogens with zero attached hydrogens (tertiary/aromatic N) is 2. The molecule has 1 aliphatic rings. The van der Waals surface area contributed by atoms with E-state index in [4.69, 9.17) is 0 Å². The van der Waals surface area contributed by atoms with Crippen molar-refractivity contribution in [3.63, 3.8) is 0 Å². The number of alkyl halides is 3. The van der Waals surface area contributed by atoms with E-state index < -0.39 is 28.1 Å². The summed E-state index contributed by atoms with van der Waals surface area (Å²) in [5, 5.41) is 0.618. The number of nitrogens with one attached hydrogen (secondary N) is 1. The number of carbonyl (C=O) groups is 1. The van der Waals surface area contributed by atoms with Gasteiger partial charge in [-0.1, -0.05) is 22.0 Å². The predicted octanol–water partition coefficient (Wildman–Crippen LogP) is 3.04. The van der Waals surface area contributed by atoms with Crippen LogP contribution in [-0.2, 0) is 10.0 Å². The van der Waals surface area contributed by atoms with Crippen molar-refractivity contribution in [1.82, 2.24) is 14.6 Å². The lowest BCUT2D eigenvalue weighted by atomic mass is 10.1. The highest BCUT2D eigenvalue weighted by Crippen LogP contribution is 2.26. The molecule has 27 heavy (non-hydrogen) atoms. The van der Waals surface area contributed by atoms with E-state index in [1.165, 1.54) is 11.1 Å². The van der Waals surface area contributed by atoms with Gasteiger partial charge in [0.25, 0.3) is 5.91 Å². The van der Waals surface area contributed by atoms with E-state index in [-0.39, 0.29) is 5.91 Å². The summed E-state index contributed by atoms with van der Waals surface area (Å²) in [7, 11) is -5.44. The Kier molecular flexibility index (Phi) is 5.46. The van der Waals surface area contributed by atoms with Gasteiger partial charge in [0, 0.05) is 35.2 Å². The molecule has 0 aliphatic carbocycles. The first-order chi connectivity index (χ1) is 12.6. The van der Waals surface area contributed by atoms with Gasteiger partial charge in [0.1, 0.15) is 0 Å². The molecular weight excluding hydrogens is 451 g/mol. The van der Waals surface area contributed by atoms with E-state index >= 15 is 0 Å². The molecule has 1 atom stereocenters. The number of hydrogen-bond donors (Lipinski definition) is 1. The fourth-order valence-corrected chi connectivity index (χ4v) is 3.99. The monoisotopic (exact) mass is 465 g/mol. The SMILES string of the molecule is O=C(c1ccnc2cc(Br)ccc12)N1CCC[C@H]1CNS(=O)(=O)C(F)(F)F. The first kappa shape index (κ1) is 20.0. The van der Waals surface area contributed by atoms with Crippen molar-refractivity contribution >= 4 is 42.8 Å². The van der Waals surface area contributed by atoms with Gasteiger partial charge >= 0.3 is 15.5 Å². The van der Waals surface area contributed by atoms with Crippen molar-refractivity contribution in [2.75, 3.05) is 13.1 Å². The number of halogens is 4. The molecular formula is C16H15BrF3N3O3S. The van der Waals surface area contributed by atoms with Gasteiger partial charge in [-0.05, 0) is 31.0 Å². The lowest BCUT2D eigenvalue weighted by Crippen LogP contribution is -2.46. The number of aromatic nitrogens is 1. The normalized spacial score (nSPS) is 18.2. The zero-order chi connectivity index (χ0) is 19.8. The van der Waals surface area contributed by atoms with Crippen LogP contribution in [0.15, 0.2) is 34.9 Å². The summed E-state index contributed by atoms with van der Waals surface area (Å²) >= 11 is 3.33. The summed E-state index contributed by atoms with van der Waals surface area (Å²) in [6.45, 7) is -0.139. The van der Waals surface area contributed by atoms with Crippen LogP contribution in [0.5, 0.6) is 0 Å². The summed E-state index contributed by atoms with van der Waals surface area (Å²) in [5.74, 6) is -0.363. The van der Waals surface area contributed by atoms with Crippen LogP contribution in [0.1, 0.15) is 23.2 Å². The topological polar surface area (TPSA) is 79.4 Å². The minimum Gasteiger partial charge on any atom is -0.334 e. The molecule has 1 saturated heterocycles. The number of hydrogen-bond acceptors (Lipinski definition) is 4. The maximum absolute atomic E-state index is 13.0. The molecule has 1 N–H and O–H groups in total. The van der Waals surface area contributed by atoms with E-state index in [9.17, 15) is 26.4 Å². The Labute approximate surface area is 161 Å². The standard InChI is InChI=1S/C16H15BrF3N3O3S/c17-10-3-4-12-13(5-6-21-14(12)8-10)15(24)23-7-1-2-11(23)9-22-27(25,26)16(18,19)20/h3-6,8,11,22H,1-2,7,9H2/t11-/m0/s1. The average Bonchev–Trinajstić information content (AvgIpc) is 3.06. The Balaban J connectivity index is 1.82. The number of pyridine rings is 1. The van der Waals surface area contributed by atoms with E-state index in [1.807, 2.05) is 0 Å². The average molecular weight is 466 g/mol. The number of carbonyl (C=O) groups excluding carboxylic acids is 1. The van der Waals surface area contributed by atoms with Crippen LogP contribution in [0.25, 0.3) is 10.9 Å². The number of fused-ring (bicyclic) bond motifs is 1. The van der Waals surface area contributed by atoms with Crippen LogP contribution < -0.4 is 4.72 Å². The first-order valence-corrected chi connectivity index (χ1v) is 10.3. The minimum atomic E-state index is -5.44. The second-order valence-electron chi connectivity index (χ2n) is 6.11. The minimum absolute atomic E-state index is 0.345. The molecule has 2 aromatic rings. The second kappa shape index (κ2) is 7.36. The van der Waals surface area contributed by atoms with Crippen LogP contribution >= 0.6 is 15.9 Å². The summed E-state index contributed by atoms with van der Waals surface area (Å²) in [4.78, 5) is 18.6. The third kappa shape index (κ3) is 4.09. The van der Waals surface area contributed by atoms with Gasteiger partial charge in [0.15, 0.2) is 0 Å². The number of sulfonamides is 1. The summed E-state index contributed by atoms with van der Waals surface area (Å²) < 4.78 is 62.3. The van der Waals surface area contributed by atoms with Gasteiger partial charge < -0.3 is 4.90 Å². The highest BCUT2D eigenvalue weighted by Gasteiger charge is 2.46. The highest BCUT2D eigenvalue weighted by molar-refractivity contribution is 9.10. The van der Waals surface area contributed by atoms with E-state index in [2.05, 4.69) is 20.9 Å². The molecule has 1 aliphatic heterocycles. The third-order valence-electron chi connectivity index (χ3n) is 4.39. The van der Waals surface area contributed by atoms with E-state index in [0.717, 1.165) is 4.47 Å². The Hall–Kier alpha value is -1.72. The summed E-state index contributed by atoms with van der Waals surface area (Å²) in [6, 6.07) is 6.16. The molecule has 1 fully saturated rings. The number of rotatable bonds is 4. The molecule has 146 valence electrons. The van der Waals surface area contributed by atoms with Gasteiger partial charge in [-0.2, -0.15) is 13.2 Å². The molecule has 1 aromatic heterocycles. The number of benzene rings is 1. The smallest absolute Gasteiger partial charge is 0.334 e. The van der Waals surface area contributed by atoms with Crippen molar-refractivity contribution < 1.29 is 26.4 Å². The molecule has 0 bridgehead atoms. The zero-order valence-corrected chi connectivity index (χ0v) is 16.2. The van der Waals surface area contributed by atoms with Crippen molar-refractivity contribution in [3.8, 4) is 0 Å². The third-order valence-corrected chi connectivity index (χ3v) is 6.04. The largest absolute Gasteiger partial charge is 0.511 e.